The minimum atomic E-state index is -0.341. The molecule has 1 aromatic rings. The highest BCUT2D eigenvalue weighted by Crippen LogP contribution is 2.24. The van der Waals surface area contributed by atoms with Crippen LogP contribution in [0.15, 0.2) is 12.1 Å². The van der Waals surface area contributed by atoms with Crippen LogP contribution in [0.25, 0.3) is 0 Å². The first kappa shape index (κ1) is 35.2. The number of anilines is 2. The van der Waals surface area contributed by atoms with E-state index in [0.717, 1.165) is 38.2 Å². The van der Waals surface area contributed by atoms with Crippen molar-refractivity contribution in [1.82, 2.24) is 4.98 Å². The largest absolute Gasteiger partial charge is 0.370 e. The van der Waals surface area contributed by atoms with Gasteiger partial charge < -0.3 is 10.6 Å². The van der Waals surface area contributed by atoms with Crippen LogP contribution in [0.2, 0.25) is 0 Å². The Labute approximate surface area is 241 Å². The van der Waals surface area contributed by atoms with Gasteiger partial charge >= 0.3 is 5.69 Å². The van der Waals surface area contributed by atoms with Crippen LogP contribution in [-0.4, -0.2) is 23.0 Å². The standard InChI is InChI=1S/C33H62N4O2/c1-3-5-7-9-11-13-15-17-19-21-23-25-29-34-32-28-27-31(37(38)39)33(36-32)35-30-26-24-22-20-18-16-14-12-10-8-6-4-2/h27-28H,3-26,29-30H2,1-2H3,(H2,34,35,36). The zero-order valence-corrected chi connectivity index (χ0v) is 25.8. The lowest BCUT2D eigenvalue weighted by Gasteiger charge is -2.10. The second kappa shape index (κ2) is 26.4. The van der Waals surface area contributed by atoms with Gasteiger partial charge in [-0.15, -0.1) is 0 Å². The summed E-state index contributed by atoms with van der Waals surface area (Å²) in [5.74, 6) is 1.11. The van der Waals surface area contributed by atoms with Crippen molar-refractivity contribution in [3.8, 4) is 0 Å². The van der Waals surface area contributed by atoms with Gasteiger partial charge in [-0.3, -0.25) is 10.1 Å². The highest BCUT2D eigenvalue weighted by molar-refractivity contribution is 5.60. The lowest BCUT2D eigenvalue weighted by molar-refractivity contribution is -0.384. The maximum absolute atomic E-state index is 11.5. The van der Waals surface area contributed by atoms with Gasteiger partial charge in [0.1, 0.15) is 5.82 Å². The van der Waals surface area contributed by atoms with Gasteiger partial charge in [0, 0.05) is 19.2 Å². The first-order valence-corrected chi connectivity index (χ1v) is 16.8. The predicted octanol–water partition coefficient (Wildman–Crippen LogP) is 11.2. The van der Waals surface area contributed by atoms with E-state index in [-0.39, 0.29) is 10.6 Å². The van der Waals surface area contributed by atoms with Crippen molar-refractivity contribution in [2.45, 2.75) is 168 Å². The molecule has 1 aromatic heterocycles. The second-order valence-electron chi connectivity index (χ2n) is 11.5. The van der Waals surface area contributed by atoms with Crippen LogP contribution in [0, 0.1) is 10.1 Å². The van der Waals surface area contributed by atoms with E-state index < -0.39 is 0 Å². The van der Waals surface area contributed by atoms with E-state index in [4.69, 9.17) is 0 Å². The summed E-state index contributed by atoms with van der Waals surface area (Å²) >= 11 is 0. The average Bonchev–Trinajstić information content (AvgIpc) is 2.93. The van der Waals surface area contributed by atoms with Crippen LogP contribution in [-0.2, 0) is 0 Å². The fourth-order valence-electron chi connectivity index (χ4n) is 5.18. The van der Waals surface area contributed by atoms with Crippen molar-refractivity contribution >= 4 is 17.3 Å². The Kier molecular flexibility index (Phi) is 23.8. The zero-order valence-electron chi connectivity index (χ0n) is 25.8. The summed E-state index contributed by atoms with van der Waals surface area (Å²) < 4.78 is 0. The van der Waals surface area contributed by atoms with Gasteiger partial charge in [-0.2, -0.15) is 0 Å². The van der Waals surface area contributed by atoms with E-state index in [9.17, 15) is 10.1 Å². The summed E-state index contributed by atoms with van der Waals surface area (Å²) in [6.07, 6.45) is 31.7. The van der Waals surface area contributed by atoms with Crippen molar-refractivity contribution in [2.75, 3.05) is 23.7 Å². The summed E-state index contributed by atoms with van der Waals surface area (Å²) in [6.45, 7) is 6.13. The van der Waals surface area contributed by atoms with Crippen molar-refractivity contribution in [3.05, 3.63) is 22.2 Å². The van der Waals surface area contributed by atoms with Gasteiger partial charge in [0.05, 0.1) is 4.92 Å². The Balaban J connectivity index is 2.11. The minimum Gasteiger partial charge on any atom is -0.370 e. The first-order valence-electron chi connectivity index (χ1n) is 16.8. The van der Waals surface area contributed by atoms with E-state index in [1.807, 2.05) is 0 Å². The smallest absolute Gasteiger partial charge is 0.311 e. The molecule has 6 nitrogen and oxygen atoms in total. The number of rotatable bonds is 29. The molecule has 0 spiro atoms. The van der Waals surface area contributed by atoms with Gasteiger partial charge in [-0.25, -0.2) is 4.98 Å². The number of hydrogen-bond acceptors (Lipinski definition) is 5. The van der Waals surface area contributed by atoms with Crippen LogP contribution in [0.4, 0.5) is 17.3 Å². The van der Waals surface area contributed by atoms with Gasteiger partial charge in [0.2, 0.25) is 5.82 Å². The predicted molar refractivity (Wildman–Crippen MR) is 170 cm³/mol. The lowest BCUT2D eigenvalue weighted by Crippen LogP contribution is -2.09. The Morgan fingerprint density at radius 3 is 1.31 bits per heavy atom. The van der Waals surface area contributed by atoms with Gasteiger partial charge in [-0.05, 0) is 18.9 Å². The third-order valence-corrected chi connectivity index (χ3v) is 7.73. The van der Waals surface area contributed by atoms with Crippen LogP contribution in [0.1, 0.15) is 168 Å². The highest BCUT2D eigenvalue weighted by Gasteiger charge is 2.15. The van der Waals surface area contributed by atoms with Gasteiger partial charge in [0.25, 0.3) is 0 Å². The van der Waals surface area contributed by atoms with Crippen LogP contribution in [0.5, 0.6) is 0 Å². The maximum Gasteiger partial charge on any atom is 0.311 e. The molecule has 0 aromatic carbocycles. The third kappa shape index (κ3) is 20.7. The number of nitrogens with zero attached hydrogens (tertiary/aromatic N) is 2. The molecule has 0 atom stereocenters. The van der Waals surface area contributed by atoms with Crippen LogP contribution >= 0.6 is 0 Å². The van der Waals surface area contributed by atoms with Crippen molar-refractivity contribution in [3.63, 3.8) is 0 Å². The maximum atomic E-state index is 11.5. The minimum absolute atomic E-state index is 0.0600. The molecule has 1 heterocycles. The van der Waals surface area contributed by atoms with Crippen LogP contribution in [0.3, 0.4) is 0 Å². The van der Waals surface area contributed by atoms with Gasteiger partial charge in [0.15, 0.2) is 0 Å². The molecule has 0 fully saturated rings. The van der Waals surface area contributed by atoms with Crippen LogP contribution < -0.4 is 10.6 Å². The molecule has 0 amide bonds. The van der Waals surface area contributed by atoms with Crippen molar-refractivity contribution in [1.29, 1.82) is 0 Å². The highest BCUT2D eigenvalue weighted by atomic mass is 16.6. The molecule has 0 unspecified atom stereocenters. The molecular weight excluding hydrogens is 484 g/mol. The number of nitrogens with one attached hydrogen (secondary N) is 2. The van der Waals surface area contributed by atoms with E-state index in [2.05, 4.69) is 29.5 Å². The molecule has 0 radical (unpaired) electrons. The molecule has 2 N–H and O–H groups in total. The summed E-state index contributed by atoms with van der Waals surface area (Å²) in [5, 5.41) is 18.0. The van der Waals surface area contributed by atoms with Crippen molar-refractivity contribution in [2.24, 2.45) is 0 Å². The quantitative estimate of drug-likeness (QED) is 0.0593. The number of pyridine rings is 1. The molecule has 0 aliphatic rings. The van der Waals surface area contributed by atoms with Gasteiger partial charge in [-0.1, -0.05) is 155 Å². The van der Waals surface area contributed by atoms with Crippen molar-refractivity contribution < 1.29 is 4.92 Å². The Morgan fingerprint density at radius 2 is 0.923 bits per heavy atom. The summed E-state index contributed by atoms with van der Waals surface area (Å²) in [7, 11) is 0. The molecular formula is C33H62N4O2. The monoisotopic (exact) mass is 546 g/mol. The summed E-state index contributed by atoms with van der Waals surface area (Å²) in [4.78, 5) is 15.6. The van der Waals surface area contributed by atoms with E-state index in [1.165, 1.54) is 135 Å². The fourth-order valence-corrected chi connectivity index (χ4v) is 5.18. The molecule has 0 saturated carbocycles. The number of unbranched alkanes of at least 4 members (excludes halogenated alkanes) is 22. The molecule has 39 heavy (non-hydrogen) atoms. The molecule has 1 rings (SSSR count). The number of aromatic nitrogens is 1. The fraction of sp³-hybridized carbons (Fsp3) is 0.848. The second-order valence-corrected chi connectivity index (χ2v) is 11.5. The molecule has 0 aliphatic heterocycles. The lowest BCUT2D eigenvalue weighted by atomic mass is 10.1. The first-order chi connectivity index (χ1) is 19.2. The number of nitro groups is 1. The molecule has 6 heteroatoms. The SMILES string of the molecule is CCCCCCCCCCCCCCNc1ccc([N+](=O)[O-])c(NCCCCCCCCCCCCCC)n1. The van der Waals surface area contributed by atoms with E-state index >= 15 is 0 Å². The summed E-state index contributed by atoms with van der Waals surface area (Å²) in [6, 6.07) is 3.30. The average molecular weight is 547 g/mol. The van der Waals surface area contributed by atoms with E-state index in [0.29, 0.717) is 5.82 Å². The Bertz CT molecular complexity index is 698. The number of hydrogen-bond donors (Lipinski definition) is 2. The topological polar surface area (TPSA) is 80.1 Å². The Hall–Kier alpha value is -1.85. The molecule has 226 valence electrons. The molecule has 0 bridgehead atoms. The normalized spacial score (nSPS) is 11.1. The zero-order chi connectivity index (χ0) is 28.2. The summed E-state index contributed by atoms with van der Waals surface area (Å²) in [5.41, 5.74) is 0.0600. The van der Waals surface area contributed by atoms with E-state index in [1.54, 1.807) is 12.1 Å². The molecule has 0 aliphatic carbocycles. The third-order valence-electron chi connectivity index (χ3n) is 7.73. The molecule has 0 saturated heterocycles. The Morgan fingerprint density at radius 1 is 0.564 bits per heavy atom.